The Morgan fingerprint density at radius 1 is 1.25 bits per heavy atom. The van der Waals surface area contributed by atoms with Gasteiger partial charge in [0.05, 0.1) is 6.54 Å². The zero-order valence-electron chi connectivity index (χ0n) is 11.2. The van der Waals surface area contributed by atoms with E-state index in [4.69, 9.17) is 0 Å². The molecule has 0 aliphatic heterocycles. The van der Waals surface area contributed by atoms with Crippen molar-refractivity contribution in [2.75, 3.05) is 11.9 Å². The first-order valence-electron chi connectivity index (χ1n) is 6.28. The first-order chi connectivity index (χ1) is 9.65. The normalized spacial score (nSPS) is 10.1. The van der Waals surface area contributed by atoms with Gasteiger partial charge in [0.2, 0.25) is 0 Å². The average molecular weight is 272 g/mol. The Bertz CT molecular complexity index is 576. The monoisotopic (exact) mass is 272 g/mol. The summed E-state index contributed by atoms with van der Waals surface area (Å²) in [5, 5.41) is 9.46. The number of ketones is 1. The molecule has 6 nitrogen and oxygen atoms in total. The maximum atomic E-state index is 11.6. The molecule has 1 aromatic heterocycles. The summed E-state index contributed by atoms with van der Waals surface area (Å²) < 4.78 is 1.74. The van der Waals surface area contributed by atoms with E-state index < -0.39 is 0 Å². The van der Waals surface area contributed by atoms with Gasteiger partial charge in [0.15, 0.2) is 5.78 Å². The molecule has 0 unspecified atom stereocenters. The van der Waals surface area contributed by atoms with Crippen LogP contribution in [0.3, 0.4) is 0 Å². The van der Waals surface area contributed by atoms with E-state index in [0.717, 1.165) is 0 Å². The van der Waals surface area contributed by atoms with E-state index in [1.807, 2.05) is 12.3 Å². The van der Waals surface area contributed by atoms with Gasteiger partial charge in [0, 0.05) is 30.2 Å². The van der Waals surface area contributed by atoms with Gasteiger partial charge in [0.1, 0.15) is 0 Å². The highest BCUT2D eigenvalue weighted by atomic mass is 16.2. The fourth-order valence-electron chi connectivity index (χ4n) is 1.68. The van der Waals surface area contributed by atoms with Gasteiger partial charge in [-0.15, -0.1) is 0 Å². The van der Waals surface area contributed by atoms with Gasteiger partial charge in [-0.2, -0.15) is 5.10 Å². The van der Waals surface area contributed by atoms with Crippen molar-refractivity contribution < 1.29 is 9.59 Å². The van der Waals surface area contributed by atoms with E-state index in [2.05, 4.69) is 15.7 Å². The van der Waals surface area contributed by atoms with E-state index in [9.17, 15) is 9.59 Å². The number of aromatic nitrogens is 2. The van der Waals surface area contributed by atoms with Crippen molar-refractivity contribution in [1.29, 1.82) is 0 Å². The largest absolute Gasteiger partial charge is 0.336 e. The number of carbonyl (C=O) groups is 2. The molecule has 2 amide bonds. The molecule has 0 aliphatic rings. The Hall–Kier alpha value is -2.63. The van der Waals surface area contributed by atoms with Crippen molar-refractivity contribution in [3.63, 3.8) is 0 Å². The summed E-state index contributed by atoms with van der Waals surface area (Å²) in [5.74, 6) is 0.000208. The summed E-state index contributed by atoms with van der Waals surface area (Å²) >= 11 is 0. The number of carbonyl (C=O) groups excluding carboxylic acids is 2. The number of rotatable bonds is 5. The van der Waals surface area contributed by atoms with Gasteiger partial charge in [0.25, 0.3) is 0 Å². The lowest BCUT2D eigenvalue weighted by Gasteiger charge is -2.08. The molecular formula is C14H16N4O2. The van der Waals surface area contributed by atoms with Crippen LogP contribution in [0.2, 0.25) is 0 Å². The van der Waals surface area contributed by atoms with Crippen LogP contribution in [0.15, 0.2) is 42.7 Å². The molecule has 0 spiro atoms. The van der Waals surface area contributed by atoms with Crippen LogP contribution in [0.1, 0.15) is 17.3 Å². The van der Waals surface area contributed by atoms with Crippen LogP contribution in [-0.4, -0.2) is 28.1 Å². The standard InChI is InChI=1S/C14H16N4O2/c1-11(19)12-3-5-13(6-4-12)17-14(20)15-8-10-18-9-2-7-16-18/h2-7,9H,8,10H2,1H3,(H2,15,17,20). The molecule has 0 fully saturated rings. The van der Waals surface area contributed by atoms with Gasteiger partial charge in [-0.25, -0.2) is 4.79 Å². The van der Waals surface area contributed by atoms with Crippen LogP contribution >= 0.6 is 0 Å². The Labute approximate surface area is 116 Å². The second-order valence-corrected chi connectivity index (χ2v) is 4.28. The topological polar surface area (TPSA) is 76.0 Å². The number of nitrogens with one attached hydrogen (secondary N) is 2. The number of anilines is 1. The van der Waals surface area contributed by atoms with Gasteiger partial charge in [-0.05, 0) is 37.3 Å². The van der Waals surface area contributed by atoms with Crippen LogP contribution in [0.25, 0.3) is 0 Å². The number of Topliss-reactive ketones (excluding diaryl/α,β-unsaturated/α-hetero) is 1. The highest BCUT2D eigenvalue weighted by Crippen LogP contribution is 2.09. The van der Waals surface area contributed by atoms with Crippen molar-refractivity contribution in [3.05, 3.63) is 48.3 Å². The molecule has 0 saturated heterocycles. The maximum absolute atomic E-state index is 11.6. The lowest BCUT2D eigenvalue weighted by atomic mass is 10.1. The summed E-state index contributed by atoms with van der Waals surface area (Å²) in [6.45, 7) is 2.60. The van der Waals surface area contributed by atoms with E-state index in [1.54, 1.807) is 35.1 Å². The van der Waals surface area contributed by atoms with Crippen molar-refractivity contribution in [3.8, 4) is 0 Å². The van der Waals surface area contributed by atoms with Crippen LogP contribution in [0.4, 0.5) is 10.5 Å². The first-order valence-corrected chi connectivity index (χ1v) is 6.28. The molecule has 1 heterocycles. The molecule has 6 heteroatoms. The van der Waals surface area contributed by atoms with E-state index in [-0.39, 0.29) is 11.8 Å². The van der Waals surface area contributed by atoms with Crippen molar-refractivity contribution in [1.82, 2.24) is 15.1 Å². The minimum Gasteiger partial charge on any atom is -0.336 e. The Kier molecular flexibility index (Phi) is 4.49. The van der Waals surface area contributed by atoms with Crippen LogP contribution < -0.4 is 10.6 Å². The zero-order valence-corrected chi connectivity index (χ0v) is 11.2. The highest BCUT2D eigenvalue weighted by Gasteiger charge is 2.03. The Morgan fingerprint density at radius 2 is 2.00 bits per heavy atom. The van der Waals surface area contributed by atoms with Crippen LogP contribution in [-0.2, 0) is 6.54 Å². The van der Waals surface area contributed by atoms with E-state index in [0.29, 0.717) is 24.3 Å². The molecule has 0 radical (unpaired) electrons. The minimum absolute atomic E-state index is 0.000208. The lowest BCUT2D eigenvalue weighted by Crippen LogP contribution is -2.31. The second-order valence-electron chi connectivity index (χ2n) is 4.28. The second kappa shape index (κ2) is 6.51. The minimum atomic E-state index is -0.285. The van der Waals surface area contributed by atoms with Crippen LogP contribution in [0.5, 0.6) is 0 Å². The summed E-state index contributed by atoms with van der Waals surface area (Å²) in [4.78, 5) is 22.8. The zero-order chi connectivity index (χ0) is 14.4. The SMILES string of the molecule is CC(=O)c1ccc(NC(=O)NCCn2cccn2)cc1. The molecule has 0 saturated carbocycles. The smallest absolute Gasteiger partial charge is 0.319 e. The third-order valence-electron chi connectivity index (χ3n) is 2.73. The van der Waals surface area contributed by atoms with Crippen molar-refractivity contribution >= 4 is 17.5 Å². The molecular weight excluding hydrogens is 256 g/mol. The van der Waals surface area contributed by atoms with Crippen LogP contribution in [0, 0.1) is 0 Å². The lowest BCUT2D eigenvalue weighted by molar-refractivity contribution is 0.101. The van der Waals surface area contributed by atoms with Crippen molar-refractivity contribution in [2.24, 2.45) is 0 Å². The number of hydrogen-bond donors (Lipinski definition) is 2. The molecule has 2 rings (SSSR count). The van der Waals surface area contributed by atoms with Gasteiger partial charge >= 0.3 is 6.03 Å². The number of urea groups is 1. The first kappa shape index (κ1) is 13.8. The average Bonchev–Trinajstić information content (AvgIpc) is 2.92. The fraction of sp³-hybridized carbons (Fsp3) is 0.214. The fourth-order valence-corrected chi connectivity index (χ4v) is 1.68. The van der Waals surface area contributed by atoms with Gasteiger partial charge in [-0.1, -0.05) is 0 Å². The molecule has 0 bridgehead atoms. The van der Waals surface area contributed by atoms with Gasteiger partial charge in [-0.3, -0.25) is 9.48 Å². The number of amides is 2. The quantitative estimate of drug-likeness (QED) is 0.816. The third kappa shape index (κ3) is 3.94. The number of benzene rings is 1. The molecule has 0 aliphatic carbocycles. The molecule has 2 N–H and O–H groups in total. The molecule has 104 valence electrons. The third-order valence-corrected chi connectivity index (χ3v) is 2.73. The number of nitrogens with zero attached hydrogens (tertiary/aromatic N) is 2. The predicted octanol–water partition coefficient (Wildman–Crippen LogP) is 1.91. The van der Waals surface area contributed by atoms with E-state index >= 15 is 0 Å². The number of hydrogen-bond acceptors (Lipinski definition) is 3. The Morgan fingerprint density at radius 3 is 2.60 bits per heavy atom. The Balaban J connectivity index is 1.77. The van der Waals surface area contributed by atoms with E-state index in [1.165, 1.54) is 6.92 Å². The molecule has 20 heavy (non-hydrogen) atoms. The highest BCUT2D eigenvalue weighted by molar-refractivity contribution is 5.95. The summed E-state index contributed by atoms with van der Waals surface area (Å²) in [6.07, 6.45) is 3.52. The summed E-state index contributed by atoms with van der Waals surface area (Å²) in [6, 6.07) is 8.31. The summed E-state index contributed by atoms with van der Waals surface area (Å²) in [5.41, 5.74) is 1.27. The predicted molar refractivity (Wildman–Crippen MR) is 75.7 cm³/mol. The molecule has 1 aromatic carbocycles. The van der Waals surface area contributed by atoms with Crippen molar-refractivity contribution in [2.45, 2.75) is 13.5 Å². The maximum Gasteiger partial charge on any atom is 0.319 e. The van der Waals surface area contributed by atoms with Gasteiger partial charge < -0.3 is 10.6 Å². The summed E-state index contributed by atoms with van der Waals surface area (Å²) in [7, 11) is 0. The molecule has 0 atom stereocenters. The molecule has 2 aromatic rings.